The van der Waals surface area contributed by atoms with Crippen LogP contribution < -0.4 is 0 Å². The lowest BCUT2D eigenvalue weighted by Gasteiger charge is -2.11. The van der Waals surface area contributed by atoms with Crippen molar-refractivity contribution in [2.45, 2.75) is 30.6 Å². The second-order valence-electron chi connectivity index (χ2n) is 7.62. The number of hydrogen-bond donors (Lipinski definition) is 0. The summed E-state index contributed by atoms with van der Waals surface area (Å²) in [6, 6.07) is 14.1. The minimum absolute atomic E-state index is 0.228. The molecule has 0 bridgehead atoms. The van der Waals surface area contributed by atoms with Crippen LogP contribution in [0.5, 0.6) is 0 Å². The van der Waals surface area contributed by atoms with Gasteiger partial charge in [0.1, 0.15) is 5.82 Å². The molecule has 0 aliphatic heterocycles. The number of rotatable bonds is 7. The monoisotopic (exact) mass is 522 g/mol. The van der Waals surface area contributed by atoms with E-state index in [4.69, 9.17) is 16.3 Å². The van der Waals surface area contributed by atoms with Crippen molar-refractivity contribution in [2.75, 3.05) is 6.61 Å². The van der Waals surface area contributed by atoms with E-state index in [0.717, 1.165) is 12.1 Å². The van der Waals surface area contributed by atoms with Crippen molar-refractivity contribution in [1.29, 1.82) is 0 Å². The number of alkyl halides is 3. The van der Waals surface area contributed by atoms with E-state index >= 15 is 0 Å². The molecule has 0 aliphatic carbocycles. The molecule has 0 saturated carbocycles. The summed E-state index contributed by atoms with van der Waals surface area (Å²) >= 11 is 7.26. The Morgan fingerprint density at radius 3 is 2.51 bits per heavy atom. The van der Waals surface area contributed by atoms with Crippen molar-refractivity contribution in [1.82, 2.24) is 9.55 Å². The quantitative estimate of drug-likeness (QED) is 0.144. The summed E-state index contributed by atoms with van der Waals surface area (Å²) in [6.45, 7) is 2.16. The van der Waals surface area contributed by atoms with Crippen LogP contribution in [0.3, 0.4) is 0 Å². The number of fused-ring (bicyclic) bond motifs is 1. The third-order valence-corrected chi connectivity index (χ3v) is 6.47. The van der Waals surface area contributed by atoms with Crippen LogP contribution in [0.25, 0.3) is 11.0 Å². The van der Waals surface area contributed by atoms with Crippen LogP contribution in [0.2, 0.25) is 5.02 Å². The minimum Gasteiger partial charge on any atom is -0.462 e. The standard InChI is InChI=1S/C25H19ClF4N2O2S/c1-2-34-23(33)16-5-10-22-21(12-16)31-24(35-14-17-11-19(26)8-9-20(17)27)32(22)13-15-3-6-18(7-4-15)25(28,29)30/h3-12H,2,13-14H2,1H3. The number of benzene rings is 3. The molecule has 0 aliphatic rings. The first-order valence-corrected chi connectivity index (χ1v) is 11.9. The Morgan fingerprint density at radius 1 is 1.09 bits per heavy atom. The average Bonchev–Trinajstić information content (AvgIpc) is 3.16. The fourth-order valence-corrected chi connectivity index (χ4v) is 4.67. The van der Waals surface area contributed by atoms with Gasteiger partial charge in [-0.15, -0.1) is 0 Å². The van der Waals surface area contributed by atoms with Gasteiger partial charge in [-0.2, -0.15) is 13.2 Å². The SMILES string of the molecule is CCOC(=O)c1ccc2c(c1)nc(SCc1cc(Cl)ccc1F)n2Cc1ccc(C(F)(F)F)cc1. The van der Waals surface area contributed by atoms with E-state index in [2.05, 4.69) is 4.98 Å². The number of aromatic nitrogens is 2. The van der Waals surface area contributed by atoms with Gasteiger partial charge in [0.2, 0.25) is 0 Å². The fourth-order valence-electron chi connectivity index (χ4n) is 3.49. The van der Waals surface area contributed by atoms with E-state index in [-0.39, 0.29) is 18.9 Å². The molecule has 1 aromatic heterocycles. The highest BCUT2D eigenvalue weighted by molar-refractivity contribution is 7.98. The molecule has 35 heavy (non-hydrogen) atoms. The summed E-state index contributed by atoms with van der Waals surface area (Å²) in [4.78, 5) is 16.8. The molecule has 1 heterocycles. The molecule has 0 radical (unpaired) electrons. The Hall–Kier alpha value is -3.04. The van der Waals surface area contributed by atoms with Crippen molar-refractivity contribution in [3.63, 3.8) is 0 Å². The van der Waals surface area contributed by atoms with Crippen LogP contribution in [0.1, 0.15) is 34.0 Å². The van der Waals surface area contributed by atoms with Crippen LogP contribution >= 0.6 is 23.4 Å². The number of halogens is 5. The van der Waals surface area contributed by atoms with Crippen LogP contribution in [0, 0.1) is 5.82 Å². The molecule has 4 nitrogen and oxygen atoms in total. The van der Waals surface area contributed by atoms with E-state index in [1.165, 1.54) is 42.1 Å². The van der Waals surface area contributed by atoms with Gasteiger partial charge < -0.3 is 9.30 Å². The molecule has 0 spiro atoms. The zero-order chi connectivity index (χ0) is 25.2. The van der Waals surface area contributed by atoms with Gasteiger partial charge in [0.05, 0.1) is 35.3 Å². The predicted molar refractivity (Wildman–Crippen MR) is 127 cm³/mol. The molecule has 4 aromatic rings. The number of esters is 1. The topological polar surface area (TPSA) is 44.1 Å². The molecule has 0 atom stereocenters. The molecule has 10 heteroatoms. The summed E-state index contributed by atoms with van der Waals surface area (Å²) < 4.78 is 60.0. The molecular formula is C25H19ClF4N2O2S. The van der Waals surface area contributed by atoms with E-state index in [0.29, 0.717) is 37.9 Å². The smallest absolute Gasteiger partial charge is 0.416 e. The van der Waals surface area contributed by atoms with Gasteiger partial charge in [0.25, 0.3) is 0 Å². The summed E-state index contributed by atoms with van der Waals surface area (Å²) in [5, 5.41) is 0.916. The van der Waals surface area contributed by atoms with E-state index in [1.54, 1.807) is 25.1 Å². The second kappa shape index (κ2) is 10.3. The number of carbonyl (C=O) groups excluding carboxylic acids is 1. The van der Waals surface area contributed by atoms with Gasteiger partial charge in [-0.3, -0.25) is 0 Å². The summed E-state index contributed by atoms with van der Waals surface area (Å²) in [5.41, 5.74) is 1.80. The molecular weight excluding hydrogens is 504 g/mol. The maximum Gasteiger partial charge on any atom is 0.416 e. The number of hydrogen-bond acceptors (Lipinski definition) is 4. The molecule has 4 rings (SSSR count). The third-order valence-electron chi connectivity index (χ3n) is 5.21. The van der Waals surface area contributed by atoms with Crippen molar-refractivity contribution >= 4 is 40.4 Å². The Labute approximate surface area is 207 Å². The number of thioether (sulfide) groups is 1. The largest absolute Gasteiger partial charge is 0.462 e. The van der Waals surface area contributed by atoms with Gasteiger partial charge in [-0.25, -0.2) is 14.2 Å². The highest BCUT2D eigenvalue weighted by atomic mass is 35.5. The Kier molecular flexibility index (Phi) is 7.37. The molecule has 0 fully saturated rings. The zero-order valence-corrected chi connectivity index (χ0v) is 20.0. The first kappa shape index (κ1) is 25.1. The van der Waals surface area contributed by atoms with Crippen molar-refractivity contribution in [3.8, 4) is 0 Å². The van der Waals surface area contributed by atoms with Crippen molar-refractivity contribution in [2.24, 2.45) is 0 Å². The average molecular weight is 523 g/mol. The molecule has 0 amide bonds. The minimum atomic E-state index is -4.42. The molecule has 0 unspecified atom stereocenters. The first-order valence-electron chi connectivity index (χ1n) is 10.6. The number of carbonyl (C=O) groups is 1. The Morgan fingerprint density at radius 2 is 1.83 bits per heavy atom. The van der Waals surface area contributed by atoms with Gasteiger partial charge in [0, 0.05) is 10.8 Å². The van der Waals surface area contributed by atoms with Gasteiger partial charge in [-0.05, 0) is 66.6 Å². The van der Waals surface area contributed by atoms with Crippen LogP contribution in [-0.2, 0) is 23.2 Å². The summed E-state index contributed by atoms with van der Waals surface area (Å²) in [5.74, 6) is -0.660. The predicted octanol–water partition coefficient (Wildman–Crippen LogP) is 7.36. The maximum atomic E-state index is 14.2. The van der Waals surface area contributed by atoms with Gasteiger partial charge >= 0.3 is 12.1 Å². The number of nitrogens with zero attached hydrogens (tertiary/aromatic N) is 2. The highest BCUT2D eigenvalue weighted by Gasteiger charge is 2.30. The van der Waals surface area contributed by atoms with Gasteiger partial charge in [-0.1, -0.05) is 35.5 Å². The van der Waals surface area contributed by atoms with Crippen LogP contribution in [-0.4, -0.2) is 22.1 Å². The zero-order valence-electron chi connectivity index (χ0n) is 18.4. The molecule has 0 saturated heterocycles. The number of ether oxygens (including phenoxy) is 1. The lowest BCUT2D eigenvalue weighted by molar-refractivity contribution is -0.137. The van der Waals surface area contributed by atoms with E-state index in [1.807, 2.05) is 4.57 Å². The first-order chi connectivity index (χ1) is 16.7. The van der Waals surface area contributed by atoms with Crippen LogP contribution in [0.4, 0.5) is 17.6 Å². The third kappa shape index (κ3) is 5.79. The van der Waals surface area contributed by atoms with Gasteiger partial charge in [0.15, 0.2) is 5.16 Å². The summed E-state index contributed by atoms with van der Waals surface area (Å²) in [7, 11) is 0. The molecule has 0 N–H and O–H groups in total. The van der Waals surface area contributed by atoms with E-state index in [9.17, 15) is 22.4 Å². The summed E-state index contributed by atoms with van der Waals surface area (Å²) in [6.07, 6.45) is -4.42. The normalized spacial score (nSPS) is 11.7. The van der Waals surface area contributed by atoms with Crippen LogP contribution in [0.15, 0.2) is 65.8 Å². The second-order valence-corrected chi connectivity index (χ2v) is 9.00. The van der Waals surface area contributed by atoms with Crippen molar-refractivity contribution < 1.29 is 27.1 Å². The number of imidazole rings is 1. The maximum absolute atomic E-state index is 14.2. The Bertz CT molecular complexity index is 1370. The van der Waals surface area contributed by atoms with E-state index < -0.39 is 23.5 Å². The molecule has 3 aromatic carbocycles. The fraction of sp³-hybridized carbons (Fsp3) is 0.200. The van der Waals surface area contributed by atoms with Crippen molar-refractivity contribution in [3.05, 3.63) is 93.8 Å². The Balaban J connectivity index is 1.70. The lowest BCUT2D eigenvalue weighted by Crippen LogP contribution is -2.06. The molecule has 182 valence electrons. The highest BCUT2D eigenvalue weighted by Crippen LogP contribution is 2.32. The lowest BCUT2D eigenvalue weighted by atomic mass is 10.1.